The standard InChI is InChI=1S/C29H29N5O/c35-28(17-16-27-23-34(31-30-27)22-24-10-4-1-5-11-24)32-18-20-33(21-19-32)29(25-12-6-2-7-13-25)26-14-8-3-9-15-26/h1-17,23,29H,18-22H2. The normalized spacial score (nSPS) is 14.6. The molecule has 5 rings (SSSR count). The van der Waals surface area contributed by atoms with Gasteiger partial charge < -0.3 is 4.90 Å². The van der Waals surface area contributed by atoms with Gasteiger partial charge in [-0.3, -0.25) is 9.69 Å². The fourth-order valence-electron chi connectivity index (χ4n) is 4.58. The Morgan fingerprint density at radius 1 is 0.800 bits per heavy atom. The molecule has 176 valence electrons. The van der Waals surface area contributed by atoms with Crippen molar-refractivity contribution in [1.82, 2.24) is 24.8 Å². The third-order valence-electron chi connectivity index (χ3n) is 6.36. The zero-order chi connectivity index (χ0) is 23.9. The Balaban J connectivity index is 1.20. The van der Waals surface area contributed by atoms with Crippen LogP contribution in [0.5, 0.6) is 0 Å². The monoisotopic (exact) mass is 463 g/mol. The van der Waals surface area contributed by atoms with Crippen LogP contribution in [0.15, 0.2) is 103 Å². The first-order valence-corrected chi connectivity index (χ1v) is 12.0. The predicted molar refractivity (Wildman–Crippen MR) is 137 cm³/mol. The lowest BCUT2D eigenvalue weighted by molar-refractivity contribution is -0.127. The molecule has 0 N–H and O–H groups in total. The Morgan fingerprint density at radius 3 is 1.97 bits per heavy atom. The predicted octanol–water partition coefficient (Wildman–Crippen LogP) is 4.27. The lowest BCUT2D eigenvalue weighted by Crippen LogP contribution is -2.49. The van der Waals surface area contributed by atoms with Crippen LogP contribution in [0.2, 0.25) is 0 Å². The van der Waals surface area contributed by atoms with Crippen LogP contribution < -0.4 is 0 Å². The van der Waals surface area contributed by atoms with Crippen LogP contribution in [0.1, 0.15) is 28.4 Å². The van der Waals surface area contributed by atoms with E-state index in [9.17, 15) is 4.79 Å². The topological polar surface area (TPSA) is 54.3 Å². The van der Waals surface area contributed by atoms with E-state index in [0.717, 1.165) is 18.7 Å². The summed E-state index contributed by atoms with van der Waals surface area (Å²) in [6.45, 7) is 3.68. The maximum atomic E-state index is 12.9. The van der Waals surface area contributed by atoms with Gasteiger partial charge in [0.15, 0.2) is 0 Å². The summed E-state index contributed by atoms with van der Waals surface area (Å²) in [4.78, 5) is 17.2. The number of hydrogen-bond acceptors (Lipinski definition) is 4. The van der Waals surface area contributed by atoms with Crippen LogP contribution >= 0.6 is 0 Å². The van der Waals surface area contributed by atoms with E-state index in [4.69, 9.17) is 0 Å². The van der Waals surface area contributed by atoms with Crippen LogP contribution in [0.3, 0.4) is 0 Å². The lowest BCUT2D eigenvalue weighted by Gasteiger charge is -2.39. The van der Waals surface area contributed by atoms with E-state index in [1.807, 2.05) is 29.3 Å². The summed E-state index contributed by atoms with van der Waals surface area (Å²) in [5.74, 6) is 0.0123. The second kappa shape index (κ2) is 10.9. The summed E-state index contributed by atoms with van der Waals surface area (Å²) in [7, 11) is 0. The summed E-state index contributed by atoms with van der Waals surface area (Å²) in [5, 5.41) is 8.35. The molecule has 0 unspecified atom stereocenters. The highest BCUT2D eigenvalue weighted by atomic mass is 16.2. The molecule has 0 bridgehead atoms. The molecule has 1 aromatic heterocycles. The molecular weight excluding hydrogens is 434 g/mol. The maximum Gasteiger partial charge on any atom is 0.246 e. The number of nitrogens with zero attached hydrogens (tertiary/aromatic N) is 5. The summed E-state index contributed by atoms with van der Waals surface area (Å²) in [6, 6.07) is 31.5. The van der Waals surface area contributed by atoms with Gasteiger partial charge in [-0.05, 0) is 22.8 Å². The second-order valence-electron chi connectivity index (χ2n) is 8.75. The maximum absolute atomic E-state index is 12.9. The Kier molecular flexibility index (Phi) is 7.10. The van der Waals surface area contributed by atoms with Crippen molar-refractivity contribution in [2.45, 2.75) is 12.6 Å². The van der Waals surface area contributed by atoms with Crippen molar-refractivity contribution in [1.29, 1.82) is 0 Å². The fraction of sp³-hybridized carbons (Fsp3) is 0.207. The molecule has 1 aliphatic heterocycles. The summed E-state index contributed by atoms with van der Waals surface area (Å²) < 4.78 is 1.78. The average molecular weight is 464 g/mol. The molecule has 0 atom stereocenters. The highest BCUT2D eigenvalue weighted by Crippen LogP contribution is 2.29. The third-order valence-corrected chi connectivity index (χ3v) is 6.36. The Morgan fingerprint density at radius 2 is 1.37 bits per heavy atom. The van der Waals surface area contributed by atoms with Gasteiger partial charge in [-0.15, -0.1) is 5.10 Å². The van der Waals surface area contributed by atoms with Crippen LogP contribution in [0.25, 0.3) is 6.08 Å². The zero-order valence-electron chi connectivity index (χ0n) is 19.6. The summed E-state index contributed by atoms with van der Waals surface area (Å²) in [6.07, 6.45) is 5.22. The van der Waals surface area contributed by atoms with Crippen molar-refractivity contribution in [3.8, 4) is 0 Å². The van der Waals surface area contributed by atoms with E-state index in [0.29, 0.717) is 25.3 Å². The van der Waals surface area contributed by atoms with E-state index in [-0.39, 0.29) is 11.9 Å². The second-order valence-corrected chi connectivity index (χ2v) is 8.75. The minimum atomic E-state index is 0.0123. The van der Waals surface area contributed by atoms with E-state index in [2.05, 4.69) is 88.0 Å². The van der Waals surface area contributed by atoms with Crippen LogP contribution in [-0.2, 0) is 11.3 Å². The van der Waals surface area contributed by atoms with Crippen molar-refractivity contribution in [2.24, 2.45) is 0 Å². The molecule has 2 heterocycles. The fourth-order valence-corrected chi connectivity index (χ4v) is 4.58. The Bertz CT molecular complexity index is 1210. The molecule has 6 heteroatoms. The van der Waals surface area contributed by atoms with Crippen LogP contribution in [-0.4, -0.2) is 56.9 Å². The van der Waals surface area contributed by atoms with Gasteiger partial charge >= 0.3 is 0 Å². The van der Waals surface area contributed by atoms with Gasteiger partial charge in [0.25, 0.3) is 0 Å². The van der Waals surface area contributed by atoms with Crippen molar-refractivity contribution >= 4 is 12.0 Å². The van der Waals surface area contributed by atoms with Crippen molar-refractivity contribution in [3.63, 3.8) is 0 Å². The molecule has 1 aliphatic rings. The first-order chi connectivity index (χ1) is 17.3. The smallest absolute Gasteiger partial charge is 0.246 e. The molecular formula is C29H29N5O. The minimum Gasteiger partial charge on any atom is -0.337 e. The third kappa shape index (κ3) is 5.73. The highest BCUT2D eigenvalue weighted by molar-refractivity contribution is 5.91. The largest absolute Gasteiger partial charge is 0.337 e. The first kappa shape index (κ1) is 22.7. The Hall–Kier alpha value is -4.03. The van der Waals surface area contributed by atoms with Gasteiger partial charge in [-0.25, -0.2) is 4.68 Å². The molecule has 1 fully saturated rings. The molecule has 1 saturated heterocycles. The van der Waals surface area contributed by atoms with E-state index in [1.54, 1.807) is 16.8 Å². The molecule has 0 radical (unpaired) electrons. The molecule has 3 aromatic carbocycles. The summed E-state index contributed by atoms with van der Waals surface area (Å²) >= 11 is 0. The number of amides is 1. The number of benzene rings is 3. The molecule has 6 nitrogen and oxygen atoms in total. The van der Waals surface area contributed by atoms with Crippen molar-refractivity contribution < 1.29 is 4.79 Å². The first-order valence-electron chi connectivity index (χ1n) is 12.0. The van der Waals surface area contributed by atoms with Crippen LogP contribution in [0.4, 0.5) is 0 Å². The molecule has 4 aromatic rings. The quantitative estimate of drug-likeness (QED) is 0.384. The SMILES string of the molecule is O=C(C=Cc1cn(Cc2ccccc2)nn1)N1CCN(C(c2ccccc2)c2ccccc2)CC1. The van der Waals surface area contributed by atoms with Crippen LogP contribution in [0, 0.1) is 0 Å². The van der Waals surface area contributed by atoms with Gasteiger partial charge in [0.2, 0.25) is 5.91 Å². The number of hydrogen-bond donors (Lipinski definition) is 0. The average Bonchev–Trinajstić information content (AvgIpc) is 3.37. The van der Waals surface area contributed by atoms with Gasteiger partial charge in [-0.1, -0.05) is 96.2 Å². The van der Waals surface area contributed by atoms with Gasteiger partial charge in [0, 0.05) is 32.3 Å². The number of carbonyl (C=O) groups is 1. The lowest BCUT2D eigenvalue weighted by atomic mass is 9.96. The number of rotatable bonds is 7. The van der Waals surface area contributed by atoms with Gasteiger partial charge in [0.05, 0.1) is 18.8 Å². The highest BCUT2D eigenvalue weighted by Gasteiger charge is 2.27. The Labute approximate surface area is 206 Å². The molecule has 35 heavy (non-hydrogen) atoms. The zero-order valence-corrected chi connectivity index (χ0v) is 19.6. The molecule has 0 aliphatic carbocycles. The van der Waals surface area contributed by atoms with Crippen molar-refractivity contribution in [3.05, 3.63) is 126 Å². The summed E-state index contributed by atoms with van der Waals surface area (Å²) in [5.41, 5.74) is 4.39. The number of carbonyl (C=O) groups excluding carboxylic acids is 1. The molecule has 0 saturated carbocycles. The molecule has 0 spiro atoms. The number of piperazine rings is 1. The van der Waals surface area contributed by atoms with E-state index in [1.165, 1.54) is 11.1 Å². The minimum absolute atomic E-state index is 0.0123. The van der Waals surface area contributed by atoms with Gasteiger partial charge in [-0.2, -0.15) is 0 Å². The van der Waals surface area contributed by atoms with E-state index < -0.39 is 0 Å². The van der Waals surface area contributed by atoms with E-state index >= 15 is 0 Å². The van der Waals surface area contributed by atoms with Crippen molar-refractivity contribution in [2.75, 3.05) is 26.2 Å². The van der Waals surface area contributed by atoms with Gasteiger partial charge in [0.1, 0.15) is 5.69 Å². The molecule has 1 amide bonds. The number of aromatic nitrogens is 3.